The van der Waals surface area contributed by atoms with E-state index in [9.17, 15) is 0 Å². The molecule has 0 amide bonds. The van der Waals surface area contributed by atoms with Crippen LogP contribution in [0.5, 0.6) is 0 Å². The smallest absolute Gasteiger partial charge is 0.166 e. The first-order valence-corrected chi connectivity index (χ1v) is 17.4. The van der Waals surface area contributed by atoms with Crippen molar-refractivity contribution < 1.29 is 0 Å². The van der Waals surface area contributed by atoms with Crippen molar-refractivity contribution in [3.8, 4) is 44.7 Å². The number of benzene rings is 7. The Balaban J connectivity index is 1.28. The summed E-state index contributed by atoms with van der Waals surface area (Å²) < 4.78 is 3.47. The van der Waals surface area contributed by atoms with Crippen molar-refractivity contribution in [3.63, 3.8) is 0 Å². The molecule has 3 heterocycles. The fourth-order valence-corrected chi connectivity index (χ4v) is 8.83. The number of thiophene rings is 1. The minimum atomic E-state index is 0.646. The lowest BCUT2D eigenvalue weighted by Crippen LogP contribution is -2.00. The lowest BCUT2D eigenvalue weighted by atomic mass is 10.0. The van der Waals surface area contributed by atoms with Gasteiger partial charge in [0, 0.05) is 42.4 Å². The zero-order valence-electron chi connectivity index (χ0n) is 25.5. The Morgan fingerprint density at radius 3 is 1.77 bits per heavy atom. The highest BCUT2D eigenvalue weighted by atomic mass is 32.1. The Bertz CT molecular complexity index is 2850. The maximum Gasteiger partial charge on any atom is 0.166 e. The van der Waals surface area contributed by atoms with Crippen molar-refractivity contribution in [2.75, 3.05) is 0 Å². The van der Waals surface area contributed by atoms with Crippen LogP contribution in [-0.4, -0.2) is 19.9 Å². The van der Waals surface area contributed by atoms with E-state index in [1.807, 2.05) is 18.2 Å². The van der Waals surface area contributed by atoms with E-state index < -0.39 is 0 Å². The molecule has 0 aliphatic heterocycles. The number of aromatic nitrogens is 4. The van der Waals surface area contributed by atoms with Crippen LogP contribution in [-0.2, 0) is 0 Å². The maximum atomic E-state index is 5.28. The molecule has 7 aromatic carbocycles. The van der Waals surface area contributed by atoms with Gasteiger partial charge >= 0.3 is 0 Å². The fraction of sp³-hybridized carbons (Fsp3) is 0. The normalized spacial score (nSPS) is 11.8. The third kappa shape index (κ3) is 4.49. The lowest BCUT2D eigenvalue weighted by molar-refractivity contribution is 1.08. The monoisotopic (exact) mass is 648 g/mol. The van der Waals surface area contributed by atoms with Crippen molar-refractivity contribution >= 4 is 74.6 Å². The van der Waals surface area contributed by atoms with Gasteiger partial charge in [0.15, 0.2) is 17.5 Å². The van der Waals surface area contributed by atoms with Crippen LogP contribution in [0, 0.1) is 0 Å². The Morgan fingerprint density at radius 2 is 1.00 bits per heavy atom. The molecule has 48 heavy (non-hydrogen) atoms. The number of fused-ring (bicyclic) bond motifs is 6. The molecule has 4 nitrogen and oxygen atoms in total. The van der Waals surface area contributed by atoms with Crippen molar-refractivity contribution in [2.45, 2.75) is 0 Å². The first-order chi connectivity index (χ1) is 23.7. The van der Waals surface area contributed by atoms with Crippen LogP contribution in [0.3, 0.4) is 0 Å². The maximum absolute atomic E-state index is 5.28. The molecular formula is C42H24N4S2. The minimum absolute atomic E-state index is 0.646. The van der Waals surface area contributed by atoms with E-state index in [4.69, 9.17) is 19.9 Å². The second kappa shape index (κ2) is 10.9. The minimum Gasteiger partial charge on any atom is -0.236 e. The lowest BCUT2D eigenvalue weighted by Gasteiger charge is -2.11. The Hall–Kier alpha value is -5.82. The van der Waals surface area contributed by atoms with Crippen LogP contribution >= 0.6 is 22.7 Å². The molecule has 224 valence electrons. The van der Waals surface area contributed by atoms with Gasteiger partial charge in [-0.1, -0.05) is 121 Å². The predicted molar refractivity (Wildman–Crippen MR) is 203 cm³/mol. The summed E-state index contributed by atoms with van der Waals surface area (Å²) in [5.74, 6) is 1.95. The molecule has 0 unspecified atom stereocenters. The third-order valence-electron chi connectivity index (χ3n) is 8.92. The molecule has 0 bridgehead atoms. The van der Waals surface area contributed by atoms with E-state index in [1.54, 1.807) is 22.7 Å². The quantitative estimate of drug-likeness (QED) is 0.191. The van der Waals surface area contributed by atoms with Gasteiger partial charge in [-0.2, -0.15) is 0 Å². The standard InChI is InChI=1S/C42H24N4S2/c1-2-12-27(13-3-1)39-44-40(30-20-18-25-10-4-6-14-28(25)22-30)46-41(45-39)37-36-32-16-8-9-17-34(32)47-35(36)24-33-38(37)48-42(43-33)31-21-19-26-11-5-7-15-29(26)23-31/h1-24H. The van der Waals surface area contributed by atoms with Gasteiger partial charge in [0.1, 0.15) is 5.01 Å². The number of thiazole rings is 1. The number of hydrogen-bond donors (Lipinski definition) is 0. The van der Waals surface area contributed by atoms with Crippen LogP contribution in [0.1, 0.15) is 0 Å². The number of rotatable bonds is 4. The molecular weight excluding hydrogens is 625 g/mol. The second-order valence-electron chi connectivity index (χ2n) is 11.9. The number of hydrogen-bond acceptors (Lipinski definition) is 6. The highest BCUT2D eigenvalue weighted by Crippen LogP contribution is 2.46. The van der Waals surface area contributed by atoms with Crippen LogP contribution in [0.2, 0.25) is 0 Å². The Morgan fingerprint density at radius 1 is 0.396 bits per heavy atom. The van der Waals surface area contributed by atoms with Crippen LogP contribution < -0.4 is 0 Å². The van der Waals surface area contributed by atoms with Crippen LogP contribution in [0.15, 0.2) is 146 Å². The van der Waals surface area contributed by atoms with Crippen molar-refractivity contribution in [3.05, 3.63) is 146 Å². The molecule has 0 aliphatic rings. The summed E-state index contributed by atoms with van der Waals surface area (Å²) in [4.78, 5) is 20.8. The molecule has 0 radical (unpaired) electrons. The average Bonchev–Trinajstić information content (AvgIpc) is 3.75. The van der Waals surface area contributed by atoms with Crippen LogP contribution in [0.4, 0.5) is 0 Å². The first kappa shape index (κ1) is 27.3. The van der Waals surface area contributed by atoms with E-state index in [0.717, 1.165) is 48.3 Å². The van der Waals surface area contributed by atoms with Crippen molar-refractivity contribution in [2.24, 2.45) is 0 Å². The first-order valence-electron chi connectivity index (χ1n) is 15.8. The van der Waals surface area contributed by atoms with E-state index in [2.05, 4.69) is 127 Å². The molecule has 0 atom stereocenters. The summed E-state index contributed by atoms with van der Waals surface area (Å²) in [6.45, 7) is 0. The molecule has 10 aromatic rings. The predicted octanol–water partition coefficient (Wildman–Crippen LogP) is 11.8. The van der Waals surface area contributed by atoms with Gasteiger partial charge in [0.25, 0.3) is 0 Å². The van der Waals surface area contributed by atoms with Crippen molar-refractivity contribution in [1.29, 1.82) is 0 Å². The summed E-state index contributed by atoms with van der Waals surface area (Å²) in [6.07, 6.45) is 0. The molecule has 6 heteroatoms. The van der Waals surface area contributed by atoms with Gasteiger partial charge in [-0.3, -0.25) is 0 Å². The van der Waals surface area contributed by atoms with E-state index >= 15 is 0 Å². The highest BCUT2D eigenvalue weighted by molar-refractivity contribution is 7.26. The zero-order valence-corrected chi connectivity index (χ0v) is 27.1. The molecule has 0 aliphatic carbocycles. The Kier molecular flexibility index (Phi) is 6.19. The van der Waals surface area contributed by atoms with Gasteiger partial charge < -0.3 is 0 Å². The second-order valence-corrected chi connectivity index (χ2v) is 14.0. The SMILES string of the molecule is c1ccc(-c2nc(-c3ccc4ccccc4c3)nc(-c3c4sc(-c5ccc6ccccc6c5)nc4cc4sc5ccccc5c34)n2)cc1. The van der Waals surface area contributed by atoms with Crippen LogP contribution in [0.25, 0.3) is 96.7 Å². The summed E-state index contributed by atoms with van der Waals surface area (Å²) in [6, 6.07) is 50.9. The average molecular weight is 649 g/mol. The molecule has 3 aromatic heterocycles. The molecule has 10 rings (SSSR count). The van der Waals surface area contributed by atoms with Gasteiger partial charge in [-0.15, -0.1) is 22.7 Å². The molecule has 0 N–H and O–H groups in total. The highest BCUT2D eigenvalue weighted by Gasteiger charge is 2.23. The molecule has 0 fully saturated rings. The Labute approximate surface area is 283 Å². The third-order valence-corrected chi connectivity index (χ3v) is 11.2. The molecule has 0 saturated carbocycles. The molecule has 0 spiro atoms. The molecule has 0 saturated heterocycles. The summed E-state index contributed by atoms with van der Waals surface area (Å²) >= 11 is 3.49. The summed E-state index contributed by atoms with van der Waals surface area (Å²) in [5, 5.41) is 8.08. The van der Waals surface area contributed by atoms with E-state index in [0.29, 0.717) is 17.5 Å². The van der Waals surface area contributed by atoms with Gasteiger partial charge in [0.2, 0.25) is 0 Å². The van der Waals surface area contributed by atoms with E-state index in [-0.39, 0.29) is 0 Å². The summed E-state index contributed by atoms with van der Waals surface area (Å²) in [7, 11) is 0. The van der Waals surface area contributed by atoms with Gasteiger partial charge in [0.05, 0.1) is 10.2 Å². The topological polar surface area (TPSA) is 51.6 Å². The van der Waals surface area contributed by atoms with E-state index in [1.165, 1.54) is 30.9 Å². The largest absolute Gasteiger partial charge is 0.236 e. The number of nitrogens with zero attached hydrogens (tertiary/aromatic N) is 4. The van der Waals surface area contributed by atoms with Gasteiger partial charge in [-0.25, -0.2) is 19.9 Å². The van der Waals surface area contributed by atoms with Crippen molar-refractivity contribution in [1.82, 2.24) is 19.9 Å². The van der Waals surface area contributed by atoms with Gasteiger partial charge in [-0.05, 0) is 45.8 Å². The summed E-state index contributed by atoms with van der Waals surface area (Å²) in [5.41, 5.74) is 4.96. The zero-order chi connectivity index (χ0) is 31.6. The fourth-order valence-electron chi connectivity index (χ4n) is 6.59.